The number of anilines is 1. The number of carbonyl (C=O) groups excluding carboxylic acids is 1. The Morgan fingerprint density at radius 2 is 2.14 bits per heavy atom. The third-order valence-electron chi connectivity index (χ3n) is 4.83. The summed E-state index contributed by atoms with van der Waals surface area (Å²) in [6, 6.07) is 6.38. The smallest absolute Gasteiger partial charge is 0.272 e. The zero-order valence-electron chi connectivity index (χ0n) is 16.5. The first-order chi connectivity index (χ1) is 13.3. The van der Waals surface area contributed by atoms with Crippen molar-refractivity contribution in [1.82, 2.24) is 15.3 Å². The van der Waals surface area contributed by atoms with Crippen LogP contribution in [-0.4, -0.2) is 41.4 Å². The number of alkyl halides is 2. The van der Waals surface area contributed by atoms with Crippen LogP contribution in [0, 0.1) is 5.92 Å². The van der Waals surface area contributed by atoms with Crippen LogP contribution in [0.2, 0.25) is 0 Å². The highest BCUT2D eigenvalue weighted by atomic mass is 19.3. The van der Waals surface area contributed by atoms with Gasteiger partial charge in [-0.3, -0.25) is 9.78 Å². The van der Waals surface area contributed by atoms with Crippen molar-refractivity contribution in [3.05, 3.63) is 53.5 Å². The van der Waals surface area contributed by atoms with E-state index in [1.165, 1.54) is 18.5 Å². The number of halogens is 2. The molecule has 1 aliphatic rings. The molecule has 0 radical (unpaired) electrons. The lowest BCUT2D eigenvalue weighted by Crippen LogP contribution is -2.51. The van der Waals surface area contributed by atoms with Crippen LogP contribution in [0.1, 0.15) is 48.8 Å². The SMILES string of the molecule is CC(C)C[C@H]1CN(c2ccc(C(C)(F)F)c(C(=O)c3cccnc3)n2)CCN1. The number of nitrogens with zero attached hydrogens (tertiary/aromatic N) is 3. The second kappa shape index (κ2) is 8.31. The van der Waals surface area contributed by atoms with Gasteiger partial charge in [0.1, 0.15) is 11.5 Å². The first kappa shape index (κ1) is 20.3. The first-order valence-electron chi connectivity index (χ1n) is 9.58. The standard InChI is InChI=1S/C21H26F2N4O/c1-14(2)11-16-13-27(10-9-25-16)18-7-6-17(21(3,22)23)19(26-18)20(28)15-5-4-8-24-12-15/h4-8,12,14,16,25H,9-11,13H2,1-3H3/t16-/m0/s1. The topological polar surface area (TPSA) is 58.1 Å². The van der Waals surface area contributed by atoms with Gasteiger partial charge in [-0.25, -0.2) is 13.8 Å². The number of carbonyl (C=O) groups is 1. The Balaban J connectivity index is 1.95. The van der Waals surface area contributed by atoms with Crippen molar-refractivity contribution in [3.8, 4) is 0 Å². The summed E-state index contributed by atoms with van der Waals surface area (Å²) in [6.45, 7) is 7.35. The third kappa shape index (κ3) is 4.70. The fourth-order valence-electron chi connectivity index (χ4n) is 3.55. The fraction of sp³-hybridized carbons (Fsp3) is 0.476. The van der Waals surface area contributed by atoms with Gasteiger partial charge in [-0.1, -0.05) is 13.8 Å². The van der Waals surface area contributed by atoms with E-state index in [1.54, 1.807) is 18.2 Å². The van der Waals surface area contributed by atoms with E-state index in [4.69, 9.17) is 0 Å². The highest BCUT2D eigenvalue weighted by Crippen LogP contribution is 2.32. The second-order valence-electron chi connectivity index (χ2n) is 7.75. The Morgan fingerprint density at radius 3 is 2.79 bits per heavy atom. The Morgan fingerprint density at radius 1 is 1.36 bits per heavy atom. The molecule has 0 amide bonds. The van der Waals surface area contributed by atoms with E-state index in [2.05, 4.69) is 34.0 Å². The van der Waals surface area contributed by atoms with Crippen LogP contribution >= 0.6 is 0 Å². The molecule has 0 unspecified atom stereocenters. The molecule has 1 aliphatic heterocycles. The van der Waals surface area contributed by atoms with Crippen molar-refractivity contribution in [3.63, 3.8) is 0 Å². The molecule has 0 bridgehead atoms. The van der Waals surface area contributed by atoms with E-state index in [9.17, 15) is 13.6 Å². The molecule has 0 aliphatic carbocycles. The first-order valence-corrected chi connectivity index (χ1v) is 9.58. The molecule has 0 spiro atoms. The average Bonchev–Trinajstić information content (AvgIpc) is 2.66. The van der Waals surface area contributed by atoms with Crippen molar-refractivity contribution in [2.75, 3.05) is 24.5 Å². The van der Waals surface area contributed by atoms with Gasteiger partial charge in [-0.15, -0.1) is 0 Å². The van der Waals surface area contributed by atoms with Crippen LogP contribution in [0.3, 0.4) is 0 Å². The van der Waals surface area contributed by atoms with Crippen LogP contribution in [-0.2, 0) is 5.92 Å². The van der Waals surface area contributed by atoms with E-state index in [0.717, 1.165) is 26.4 Å². The van der Waals surface area contributed by atoms with Gasteiger partial charge in [0.15, 0.2) is 0 Å². The van der Waals surface area contributed by atoms with E-state index < -0.39 is 11.7 Å². The molecule has 150 valence electrons. The monoisotopic (exact) mass is 388 g/mol. The summed E-state index contributed by atoms with van der Waals surface area (Å²) >= 11 is 0. The lowest BCUT2D eigenvalue weighted by atomic mass is 10.0. The minimum atomic E-state index is -3.16. The van der Waals surface area contributed by atoms with Gasteiger partial charge >= 0.3 is 0 Å². The molecule has 1 atom stereocenters. The number of aromatic nitrogens is 2. The van der Waals surface area contributed by atoms with Crippen molar-refractivity contribution in [2.45, 2.75) is 39.2 Å². The maximum atomic E-state index is 14.1. The number of ketones is 1. The number of piperazine rings is 1. The fourth-order valence-corrected chi connectivity index (χ4v) is 3.55. The maximum absolute atomic E-state index is 14.1. The Bertz CT molecular complexity index is 821. The summed E-state index contributed by atoms with van der Waals surface area (Å²) in [4.78, 5) is 23.3. The predicted molar refractivity (Wildman–Crippen MR) is 105 cm³/mol. The van der Waals surface area contributed by atoms with Gasteiger partial charge in [-0.2, -0.15) is 0 Å². The quantitative estimate of drug-likeness (QED) is 0.766. The molecule has 3 heterocycles. The molecule has 2 aromatic rings. The Kier molecular flexibility index (Phi) is 6.03. The third-order valence-corrected chi connectivity index (χ3v) is 4.83. The van der Waals surface area contributed by atoms with Gasteiger partial charge in [0.05, 0.1) is 5.56 Å². The molecule has 0 aromatic carbocycles. The minimum Gasteiger partial charge on any atom is -0.354 e. The van der Waals surface area contributed by atoms with Gasteiger partial charge in [0.2, 0.25) is 5.78 Å². The molecule has 7 heteroatoms. The summed E-state index contributed by atoms with van der Waals surface area (Å²) in [5.74, 6) is -2.60. The van der Waals surface area contributed by atoms with E-state index >= 15 is 0 Å². The van der Waals surface area contributed by atoms with Gasteiger partial charge in [0.25, 0.3) is 5.92 Å². The van der Waals surface area contributed by atoms with Crippen molar-refractivity contribution >= 4 is 11.6 Å². The molecular weight excluding hydrogens is 362 g/mol. The number of hydrogen-bond acceptors (Lipinski definition) is 5. The zero-order chi connectivity index (χ0) is 20.3. The lowest BCUT2D eigenvalue weighted by Gasteiger charge is -2.35. The van der Waals surface area contributed by atoms with E-state index in [0.29, 0.717) is 24.3 Å². The van der Waals surface area contributed by atoms with Gasteiger partial charge < -0.3 is 10.2 Å². The molecule has 1 N–H and O–H groups in total. The molecule has 28 heavy (non-hydrogen) atoms. The normalized spacial score (nSPS) is 17.8. The summed E-state index contributed by atoms with van der Waals surface area (Å²) in [5, 5.41) is 3.48. The summed E-state index contributed by atoms with van der Waals surface area (Å²) < 4.78 is 28.3. The minimum absolute atomic E-state index is 0.211. The average molecular weight is 388 g/mol. The molecule has 5 nitrogen and oxygen atoms in total. The number of hydrogen-bond donors (Lipinski definition) is 1. The van der Waals surface area contributed by atoms with Crippen LogP contribution in [0.25, 0.3) is 0 Å². The number of nitrogens with one attached hydrogen (secondary N) is 1. The Labute approximate surface area is 164 Å². The van der Waals surface area contributed by atoms with E-state index in [-0.39, 0.29) is 16.8 Å². The molecule has 1 saturated heterocycles. The largest absolute Gasteiger partial charge is 0.354 e. The van der Waals surface area contributed by atoms with Crippen LogP contribution in [0.5, 0.6) is 0 Å². The van der Waals surface area contributed by atoms with Crippen LogP contribution in [0.4, 0.5) is 14.6 Å². The highest BCUT2D eigenvalue weighted by molar-refractivity contribution is 6.08. The molecular formula is C21H26F2N4O. The van der Waals surface area contributed by atoms with Crippen molar-refractivity contribution < 1.29 is 13.6 Å². The van der Waals surface area contributed by atoms with Crippen molar-refractivity contribution in [1.29, 1.82) is 0 Å². The summed E-state index contributed by atoms with van der Waals surface area (Å²) in [5.41, 5.74) is -0.327. The predicted octanol–water partition coefficient (Wildman–Crippen LogP) is 3.64. The van der Waals surface area contributed by atoms with Crippen LogP contribution < -0.4 is 10.2 Å². The van der Waals surface area contributed by atoms with Crippen LogP contribution in [0.15, 0.2) is 36.7 Å². The molecule has 3 rings (SSSR count). The Hall–Kier alpha value is -2.41. The molecule has 2 aromatic heterocycles. The van der Waals surface area contributed by atoms with Gasteiger partial charge in [-0.05, 0) is 36.6 Å². The second-order valence-corrected chi connectivity index (χ2v) is 7.75. The summed E-state index contributed by atoms with van der Waals surface area (Å²) in [6.07, 6.45) is 3.92. The molecule has 1 fully saturated rings. The lowest BCUT2D eigenvalue weighted by molar-refractivity contribution is 0.0161. The maximum Gasteiger partial charge on any atom is 0.272 e. The highest BCUT2D eigenvalue weighted by Gasteiger charge is 2.32. The van der Waals surface area contributed by atoms with Gasteiger partial charge in [0, 0.05) is 50.6 Å². The zero-order valence-corrected chi connectivity index (χ0v) is 16.5. The molecule has 0 saturated carbocycles. The van der Waals surface area contributed by atoms with Crippen molar-refractivity contribution in [2.24, 2.45) is 5.92 Å². The number of rotatable bonds is 6. The number of pyridine rings is 2. The summed E-state index contributed by atoms with van der Waals surface area (Å²) in [7, 11) is 0. The van der Waals surface area contributed by atoms with E-state index in [1.807, 2.05) is 0 Å².